The van der Waals surface area contributed by atoms with Gasteiger partial charge < -0.3 is 10.1 Å². The fourth-order valence-corrected chi connectivity index (χ4v) is 4.82. The Morgan fingerprint density at radius 3 is 2.81 bits per heavy atom. The largest absolute Gasteiger partial charge is 0.381 e. The van der Waals surface area contributed by atoms with Gasteiger partial charge in [0.25, 0.3) is 5.91 Å². The fourth-order valence-electron chi connectivity index (χ4n) is 3.06. The van der Waals surface area contributed by atoms with Crippen LogP contribution in [0.1, 0.15) is 23.3 Å². The van der Waals surface area contributed by atoms with Crippen LogP contribution >= 0.6 is 0 Å². The number of sulfone groups is 1. The summed E-state index contributed by atoms with van der Waals surface area (Å²) in [5.74, 6) is -0.0142. The predicted octanol–water partition coefficient (Wildman–Crippen LogP) is 1.93. The smallest absolute Gasteiger partial charge is 0.275 e. The van der Waals surface area contributed by atoms with Gasteiger partial charge in [0.15, 0.2) is 9.84 Å². The van der Waals surface area contributed by atoms with Crippen LogP contribution in [0.4, 0.5) is 5.69 Å². The van der Waals surface area contributed by atoms with E-state index in [1.54, 1.807) is 47.3 Å². The number of nitrogens with zero attached hydrogens (tertiary/aromatic N) is 3. The van der Waals surface area contributed by atoms with Crippen molar-refractivity contribution in [3.05, 3.63) is 54.6 Å². The second-order valence-electron chi connectivity index (χ2n) is 6.29. The number of rotatable bonds is 4. The number of amides is 1. The van der Waals surface area contributed by atoms with E-state index in [1.807, 2.05) is 0 Å². The van der Waals surface area contributed by atoms with E-state index in [9.17, 15) is 13.2 Å². The maximum absolute atomic E-state index is 12.8. The van der Waals surface area contributed by atoms with Crippen LogP contribution in [0.3, 0.4) is 0 Å². The molecule has 1 saturated heterocycles. The van der Waals surface area contributed by atoms with Gasteiger partial charge in [0, 0.05) is 37.5 Å². The molecule has 140 valence electrons. The summed E-state index contributed by atoms with van der Waals surface area (Å²) in [6.45, 7) is 0.893. The number of anilines is 1. The third-order valence-electron chi connectivity index (χ3n) is 4.50. The van der Waals surface area contributed by atoms with Gasteiger partial charge in [-0.15, -0.1) is 0 Å². The summed E-state index contributed by atoms with van der Waals surface area (Å²) in [6.07, 6.45) is 5.86. The van der Waals surface area contributed by atoms with Crippen LogP contribution in [0.5, 0.6) is 0 Å². The minimum atomic E-state index is -3.47. The maximum Gasteiger partial charge on any atom is 0.275 e. The van der Waals surface area contributed by atoms with Gasteiger partial charge >= 0.3 is 0 Å². The van der Waals surface area contributed by atoms with Crippen LogP contribution in [0, 0.1) is 0 Å². The fraction of sp³-hybridized carbons (Fsp3) is 0.278. The lowest BCUT2D eigenvalue weighted by atomic mass is 10.2. The third kappa shape index (κ3) is 3.56. The lowest BCUT2D eigenvalue weighted by Crippen LogP contribution is -2.29. The highest BCUT2D eigenvalue weighted by Crippen LogP contribution is 2.25. The summed E-state index contributed by atoms with van der Waals surface area (Å²) in [7, 11) is -3.47. The van der Waals surface area contributed by atoms with Crippen LogP contribution in [-0.2, 0) is 14.6 Å². The average Bonchev–Trinajstić information content (AvgIpc) is 3.13. The summed E-state index contributed by atoms with van der Waals surface area (Å²) in [6, 6.07) is 8.04. The van der Waals surface area contributed by atoms with E-state index >= 15 is 0 Å². The molecule has 8 nitrogen and oxygen atoms in total. The van der Waals surface area contributed by atoms with E-state index < -0.39 is 21.0 Å². The molecule has 0 atom stereocenters. The van der Waals surface area contributed by atoms with Crippen molar-refractivity contribution in [1.29, 1.82) is 0 Å². The summed E-state index contributed by atoms with van der Waals surface area (Å²) in [5, 5.41) is 2.25. The Morgan fingerprint density at radius 1 is 1.22 bits per heavy atom. The topological polar surface area (TPSA) is 103 Å². The molecule has 0 bridgehead atoms. The Balaban J connectivity index is 1.56. The monoisotopic (exact) mass is 386 g/mol. The molecule has 1 amide bonds. The average molecular weight is 386 g/mol. The molecule has 0 unspecified atom stereocenters. The highest BCUT2D eigenvalue weighted by molar-refractivity contribution is 7.92. The number of nitrogens with one attached hydrogen (secondary N) is 1. The number of fused-ring (bicyclic) bond motifs is 1. The molecule has 1 aliphatic heterocycles. The number of ether oxygens (including phenoxy) is 1. The van der Waals surface area contributed by atoms with Crippen LogP contribution in [-0.4, -0.2) is 47.2 Å². The summed E-state index contributed by atoms with van der Waals surface area (Å²) in [5.41, 5.74) is 0.601. The van der Waals surface area contributed by atoms with E-state index in [4.69, 9.17) is 4.74 Å². The van der Waals surface area contributed by atoms with Crippen molar-refractivity contribution in [2.75, 3.05) is 18.5 Å². The SMILES string of the molecule is O=C(Nc1cccc(S(=O)(=O)C2CCOCC2)c1)c1cn2cccnc2n1. The lowest BCUT2D eigenvalue weighted by Gasteiger charge is -2.22. The number of carbonyl (C=O) groups excluding carboxylic acids is 1. The number of imidazole rings is 1. The zero-order valence-electron chi connectivity index (χ0n) is 14.4. The van der Waals surface area contributed by atoms with Crippen LogP contribution < -0.4 is 5.32 Å². The maximum atomic E-state index is 12.8. The van der Waals surface area contributed by atoms with Gasteiger partial charge in [-0.05, 0) is 37.1 Å². The molecule has 0 aliphatic carbocycles. The quantitative estimate of drug-likeness (QED) is 0.735. The Hall–Kier alpha value is -2.78. The Kier molecular flexibility index (Phi) is 4.63. The number of hydrogen-bond donors (Lipinski definition) is 1. The van der Waals surface area contributed by atoms with Crippen molar-refractivity contribution >= 4 is 27.2 Å². The van der Waals surface area contributed by atoms with E-state index in [0.29, 0.717) is 37.5 Å². The van der Waals surface area contributed by atoms with Crippen molar-refractivity contribution in [1.82, 2.24) is 14.4 Å². The van der Waals surface area contributed by atoms with Gasteiger partial charge in [0.05, 0.1) is 10.1 Å². The Labute approximate surface area is 156 Å². The minimum Gasteiger partial charge on any atom is -0.381 e. The van der Waals surface area contributed by atoms with E-state index in [0.717, 1.165) is 0 Å². The van der Waals surface area contributed by atoms with E-state index in [2.05, 4.69) is 15.3 Å². The van der Waals surface area contributed by atoms with Crippen LogP contribution in [0.15, 0.2) is 53.8 Å². The zero-order chi connectivity index (χ0) is 18.9. The third-order valence-corrected chi connectivity index (χ3v) is 6.76. The first kappa shape index (κ1) is 17.6. The molecular weight excluding hydrogens is 368 g/mol. The van der Waals surface area contributed by atoms with Crippen molar-refractivity contribution in [3.8, 4) is 0 Å². The highest BCUT2D eigenvalue weighted by atomic mass is 32.2. The van der Waals surface area contributed by atoms with Gasteiger partial charge in [0.2, 0.25) is 5.78 Å². The molecule has 1 fully saturated rings. The Bertz CT molecular complexity index is 1050. The molecule has 1 aromatic carbocycles. The lowest BCUT2D eigenvalue weighted by molar-refractivity contribution is 0.0983. The molecule has 27 heavy (non-hydrogen) atoms. The number of carbonyl (C=O) groups is 1. The van der Waals surface area contributed by atoms with Crippen LogP contribution in [0.2, 0.25) is 0 Å². The highest BCUT2D eigenvalue weighted by Gasteiger charge is 2.29. The second-order valence-corrected chi connectivity index (χ2v) is 8.52. The normalized spacial score (nSPS) is 15.7. The van der Waals surface area contributed by atoms with Gasteiger partial charge in [-0.3, -0.25) is 9.20 Å². The van der Waals surface area contributed by atoms with Crippen molar-refractivity contribution < 1.29 is 17.9 Å². The van der Waals surface area contributed by atoms with Crippen molar-refractivity contribution in [2.24, 2.45) is 0 Å². The van der Waals surface area contributed by atoms with Gasteiger partial charge in [-0.1, -0.05) is 6.07 Å². The molecule has 3 heterocycles. The molecular formula is C18H18N4O4S. The standard InChI is InChI=1S/C18H18N4O4S/c23-17(16-12-22-8-2-7-19-18(22)21-16)20-13-3-1-4-15(11-13)27(24,25)14-5-9-26-10-6-14/h1-4,7-8,11-12,14H,5-6,9-10H2,(H,20,23). The summed E-state index contributed by atoms with van der Waals surface area (Å²) in [4.78, 5) is 20.9. The second kappa shape index (κ2) is 7.09. The Morgan fingerprint density at radius 2 is 2.04 bits per heavy atom. The molecule has 0 radical (unpaired) electrons. The molecule has 0 spiro atoms. The van der Waals surface area contributed by atoms with E-state index in [1.165, 1.54) is 6.07 Å². The molecule has 4 rings (SSSR count). The number of aromatic nitrogens is 3. The molecule has 9 heteroatoms. The first-order valence-corrected chi connectivity index (χ1v) is 10.1. The molecule has 3 aromatic rings. The number of benzene rings is 1. The predicted molar refractivity (Wildman–Crippen MR) is 98.4 cm³/mol. The summed E-state index contributed by atoms with van der Waals surface area (Å²) >= 11 is 0. The summed E-state index contributed by atoms with van der Waals surface area (Å²) < 4.78 is 32.5. The van der Waals surface area contributed by atoms with Gasteiger partial charge in [-0.25, -0.2) is 18.4 Å². The van der Waals surface area contributed by atoms with Crippen molar-refractivity contribution in [3.63, 3.8) is 0 Å². The number of hydrogen-bond acceptors (Lipinski definition) is 6. The van der Waals surface area contributed by atoms with Crippen LogP contribution in [0.25, 0.3) is 5.78 Å². The minimum absolute atomic E-state index is 0.198. The van der Waals surface area contributed by atoms with E-state index in [-0.39, 0.29) is 10.6 Å². The first-order chi connectivity index (χ1) is 13.0. The van der Waals surface area contributed by atoms with Gasteiger partial charge in [0.1, 0.15) is 5.69 Å². The molecule has 1 N–H and O–H groups in total. The molecule has 1 aliphatic rings. The molecule has 0 saturated carbocycles. The van der Waals surface area contributed by atoms with Gasteiger partial charge in [-0.2, -0.15) is 0 Å². The molecule has 2 aromatic heterocycles. The zero-order valence-corrected chi connectivity index (χ0v) is 15.2. The first-order valence-electron chi connectivity index (χ1n) is 8.57. The van der Waals surface area contributed by atoms with Crippen molar-refractivity contribution in [2.45, 2.75) is 23.0 Å².